The number of rotatable bonds is 17. The Morgan fingerprint density at radius 3 is 2.50 bits per heavy atom. The van der Waals surface area contributed by atoms with Gasteiger partial charge in [-0.2, -0.15) is 0 Å². The van der Waals surface area contributed by atoms with E-state index in [-0.39, 0.29) is 32.5 Å². The standard InChI is InChI=1S/C39H52N6O10S/c1-6-27-20-39(27,35(49)42-56(53,54)28-16-17-28)41-33(47)31-15-11-19-45(31)34(48)30(23-43(5)32(46)7-2)40-36(50)55-24-38(3,4)18-9-8-12-25-13-10-14-26-21-44(37(51)52)22-29(25)26/h6-8,10,12-14,27-28,30-31H,1-2,9,11,15-24H2,3-5H3,(H,40,50)(H,41,47)(H,42,49)(H,51,52)/b12-8+/t27-,30+,31+,39-/m1/s1. The zero-order valence-electron chi connectivity index (χ0n) is 32.1. The molecule has 0 unspecified atom stereocenters. The van der Waals surface area contributed by atoms with Crippen LogP contribution in [0.15, 0.2) is 49.6 Å². The third-order valence-corrected chi connectivity index (χ3v) is 12.7. The first-order valence-electron chi connectivity index (χ1n) is 18.8. The normalized spacial score (nSPS) is 22.1. The Labute approximate surface area is 327 Å². The van der Waals surface area contributed by atoms with Gasteiger partial charge < -0.3 is 30.3 Å². The summed E-state index contributed by atoms with van der Waals surface area (Å²) in [6, 6.07) is 3.44. The number of ether oxygens (including phenoxy) is 1. The van der Waals surface area contributed by atoms with E-state index in [9.17, 15) is 42.3 Å². The molecule has 0 aromatic heterocycles. The van der Waals surface area contributed by atoms with Crippen LogP contribution in [-0.2, 0) is 47.0 Å². The minimum atomic E-state index is -3.88. The number of nitrogens with zero attached hydrogens (tertiary/aromatic N) is 3. The number of alkyl carbamates (subject to hydrolysis) is 1. The number of benzene rings is 1. The van der Waals surface area contributed by atoms with Gasteiger partial charge in [0.15, 0.2) is 0 Å². The summed E-state index contributed by atoms with van der Waals surface area (Å²) in [5.41, 5.74) is 0.912. The maximum absolute atomic E-state index is 14.1. The molecule has 16 nitrogen and oxygen atoms in total. The fourth-order valence-electron chi connectivity index (χ4n) is 7.17. The molecule has 5 rings (SSSR count). The van der Waals surface area contributed by atoms with Gasteiger partial charge in [0.25, 0.3) is 5.91 Å². The molecule has 3 fully saturated rings. The fraction of sp³-hybridized carbons (Fsp3) is 0.538. The summed E-state index contributed by atoms with van der Waals surface area (Å²) in [6.07, 6.45) is 7.67. The van der Waals surface area contributed by atoms with Gasteiger partial charge in [0.2, 0.25) is 27.7 Å². The van der Waals surface area contributed by atoms with Gasteiger partial charge in [0.1, 0.15) is 17.6 Å². The Bertz CT molecular complexity index is 1910. The van der Waals surface area contributed by atoms with E-state index in [4.69, 9.17) is 4.74 Å². The van der Waals surface area contributed by atoms with E-state index < -0.39 is 80.0 Å². The molecular weight excluding hydrogens is 745 g/mol. The molecule has 1 saturated heterocycles. The van der Waals surface area contributed by atoms with Gasteiger partial charge in [0.05, 0.1) is 24.9 Å². The lowest BCUT2D eigenvalue weighted by Crippen LogP contribution is -2.59. The van der Waals surface area contributed by atoms with Crippen LogP contribution in [0.1, 0.15) is 75.5 Å². The van der Waals surface area contributed by atoms with Crippen LogP contribution in [-0.4, -0.2) is 114 Å². The lowest BCUT2D eigenvalue weighted by Gasteiger charge is -2.31. The van der Waals surface area contributed by atoms with E-state index in [1.54, 1.807) is 0 Å². The number of amides is 6. The largest absolute Gasteiger partial charge is 0.465 e. The Balaban J connectivity index is 1.19. The van der Waals surface area contributed by atoms with Crippen molar-refractivity contribution in [2.24, 2.45) is 11.3 Å². The van der Waals surface area contributed by atoms with Crippen molar-refractivity contribution in [3.63, 3.8) is 0 Å². The molecule has 0 radical (unpaired) electrons. The van der Waals surface area contributed by atoms with E-state index >= 15 is 0 Å². The summed E-state index contributed by atoms with van der Waals surface area (Å²) in [7, 11) is -2.44. The van der Waals surface area contributed by atoms with Crippen molar-refractivity contribution < 1.29 is 47.0 Å². The van der Waals surface area contributed by atoms with Crippen molar-refractivity contribution in [2.75, 3.05) is 26.7 Å². The molecule has 4 N–H and O–H groups in total. The molecule has 0 bridgehead atoms. The van der Waals surface area contributed by atoms with E-state index in [1.807, 2.05) is 44.2 Å². The third kappa shape index (κ3) is 9.78. The summed E-state index contributed by atoms with van der Waals surface area (Å²) < 4.78 is 32.7. The molecule has 4 atom stereocenters. The summed E-state index contributed by atoms with van der Waals surface area (Å²) in [5.74, 6) is -3.15. The Morgan fingerprint density at radius 1 is 1.12 bits per heavy atom. The maximum atomic E-state index is 14.1. The van der Waals surface area contributed by atoms with Crippen LogP contribution in [0.4, 0.5) is 9.59 Å². The van der Waals surface area contributed by atoms with Gasteiger partial charge >= 0.3 is 12.2 Å². The van der Waals surface area contributed by atoms with Crippen LogP contribution in [0.3, 0.4) is 0 Å². The van der Waals surface area contributed by atoms with Crippen LogP contribution in [0, 0.1) is 11.3 Å². The van der Waals surface area contributed by atoms with Crippen LogP contribution in [0.25, 0.3) is 6.08 Å². The van der Waals surface area contributed by atoms with E-state index in [1.165, 1.54) is 27.8 Å². The molecule has 2 heterocycles. The van der Waals surface area contributed by atoms with Crippen molar-refractivity contribution in [1.82, 2.24) is 30.1 Å². The summed E-state index contributed by atoms with van der Waals surface area (Å²) in [5, 5.41) is 14.0. The zero-order chi connectivity index (χ0) is 41.0. The average molecular weight is 797 g/mol. The number of likely N-dealkylation sites (N-methyl/N-ethyl adjacent to an activating group) is 1. The number of hydrogen-bond acceptors (Lipinski definition) is 9. The highest BCUT2D eigenvalue weighted by atomic mass is 32.2. The van der Waals surface area contributed by atoms with Crippen LogP contribution in [0.5, 0.6) is 0 Å². The maximum Gasteiger partial charge on any atom is 0.407 e. The second-order valence-electron chi connectivity index (χ2n) is 15.8. The highest BCUT2D eigenvalue weighted by Gasteiger charge is 2.61. The molecule has 17 heteroatoms. The van der Waals surface area contributed by atoms with Crippen molar-refractivity contribution in [3.05, 3.63) is 66.3 Å². The van der Waals surface area contributed by atoms with Gasteiger partial charge in [-0.05, 0) is 73.1 Å². The predicted molar refractivity (Wildman–Crippen MR) is 206 cm³/mol. The summed E-state index contributed by atoms with van der Waals surface area (Å²) >= 11 is 0. The minimum Gasteiger partial charge on any atom is -0.465 e. The van der Waals surface area contributed by atoms with Crippen molar-refractivity contribution in [3.8, 4) is 0 Å². The number of allylic oxidation sites excluding steroid dienone is 1. The lowest BCUT2D eigenvalue weighted by atomic mass is 9.88. The molecule has 1 aromatic carbocycles. The number of carboxylic acid groups (broad SMARTS) is 1. The molecule has 2 aliphatic heterocycles. The molecule has 4 aliphatic rings. The Morgan fingerprint density at radius 2 is 1.86 bits per heavy atom. The van der Waals surface area contributed by atoms with Gasteiger partial charge in [-0.15, -0.1) is 6.58 Å². The van der Waals surface area contributed by atoms with Gasteiger partial charge in [-0.1, -0.05) is 56.9 Å². The van der Waals surface area contributed by atoms with Crippen molar-refractivity contribution in [2.45, 2.75) is 94.8 Å². The highest BCUT2D eigenvalue weighted by Crippen LogP contribution is 2.45. The van der Waals surface area contributed by atoms with Crippen molar-refractivity contribution in [1.29, 1.82) is 0 Å². The molecule has 2 saturated carbocycles. The van der Waals surface area contributed by atoms with Crippen LogP contribution < -0.4 is 15.4 Å². The quantitative estimate of drug-likeness (QED) is 0.134. The number of carbonyl (C=O) groups excluding carboxylic acids is 5. The Hall–Kier alpha value is -5.19. The van der Waals surface area contributed by atoms with E-state index in [0.717, 1.165) is 22.8 Å². The summed E-state index contributed by atoms with van der Waals surface area (Å²) in [4.78, 5) is 81.9. The number of hydrogen-bond donors (Lipinski definition) is 4. The predicted octanol–water partition coefficient (Wildman–Crippen LogP) is 2.90. The van der Waals surface area contributed by atoms with Crippen molar-refractivity contribution >= 4 is 51.9 Å². The van der Waals surface area contributed by atoms with Crippen LogP contribution in [0.2, 0.25) is 0 Å². The smallest absolute Gasteiger partial charge is 0.407 e. The number of carbonyl (C=O) groups is 6. The number of sulfonamides is 1. The number of nitrogens with one attached hydrogen (secondary N) is 3. The molecule has 0 spiro atoms. The first kappa shape index (κ1) is 42.0. The topological polar surface area (TPSA) is 212 Å². The first-order valence-corrected chi connectivity index (χ1v) is 20.3. The summed E-state index contributed by atoms with van der Waals surface area (Å²) in [6.45, 7) is 11.6. The second-order valence-corrected chi connectivity index (χ2v) is 17.8. The highest BCUT2D eigenvalue weighted by molar-refractivity contribution is 7.91. The van der Waals surface area contributed by atoms with Gasteiger partial charge in [-0.3, -0.25) is 28.8 Å². The molecular formula is C39H52N6O10S. The van der Waals surface area contributed by atoms with Gasteiger partial charge in [0, 0.05) is 26.1 Å². The lowest BCUT2D eigenvalue weighted by molar-refractivity contribution is -0.141. The second kappa shape index (κ2) is 16.9. The fourth-order valence-corrected chi connectivity index (χ4v) is 8.53. The van der Waals surface area contributed by atoms with Gasteiger partial charge in [-0.25, -0.2) is 18.0 Å². The third-order valence-electron chi connectivity index (χ3n) is 10.9. The Kier molecular flexibility index (Phi) is 12.7. The minimum absolute atomic E-state index is 0.00312. The average Bonchev–Trinajstić information content (AvgIpc) is 4.03. The van der Waals surface area contributed by atoms with Crippen LogP contribution >= 0.6 is 0 Å². The zero-order valence-corrected chi connectivity index (χ0v) is 32.9. The molecule has 2 aliphatic carbocycles. The first-order chi connectivity index (χ1) is 26.4. The molecule has 56 heavy (non-hydrogen) atoms. The monoisotopic (exact) mass is 796 g/mol. The van der Waals surface area contributed by atoms with E-state index in [0.29, 0.717) is 45.2 Å². The number of fused-ring (bicyclic) bond motifs is 1. The molecule has 304 valence electrons. The molecule has 1 aromatic rings. The number of likely N-dealkylation sites (tertiary alicyclic amines) is 1. The van der Waals surface area contributed by atoms with E-state index in [2.05, 4.69) is 28.5 Å². The molecule has 6 amide bonds. The SMILES string of the molecule is C=CC(=O)N(C)C[C@H](NC(=O)OCC(C)(C)CC/C=C/c1cccc2c1CN(C(=O)O)C2)C(=O)N1CCC[C@H]1C(=O)N[C@]1(C(=O)NS(=O)(=O)C2CC2)C[C@H]1C=C.